The van der Waals surface area contributed by atoms with E-state index in [4.69, 9.17) is 17.3 Å². The van der Waals surface area contributed by atoms with Crippen molar-refractivity contribution in [2.45, 2.75) is 0 Å². The first kappa shape index (κ1) is 10.4. The molecule has 0 aromatic carbocycles. The number of carbonyl (C=O) groups is 1. The molecule has 0 aliphatic heterocycles. The van der Waals surface area contributed by atoms with Crippen LogP contribution in [0.4, 0.5) is 0 Å². The molecule has 0 fully saturated rings. The van der Waals surface area contributed by atoms with E-state index in [-0.39, 0.29) is 10.3 Å². The van der Waals surface area contributed by atoms with E-state index >= 15 is 0 Å². The normalized spacial score (nSPS) is 10.0. The first-order valence-corrected chi connectivity index (χ1v) is 4.82. The van der Waals surface area contributed by atoms with Crippen LogP contribution in [-0.2, 0) is 0 Å². The molecule has 0 atom stereocenters. The summed E-state index contributed by atoms with van der Waals surface area (Å²) in [7, 11) is 0. The minimum absolute atomic E-state index is 0.0709. The maximum absolute atomic E-state index is 11.0. The summed E-state index contributed by atoms with van der Waals surface area (Å²) in [4.78, 5) is 21.4. The standard InChI is InChI=1S/C10H7N3O2S/c14-9(15)7-5-12-10(16)13-8(7)6-2-1-3-11-4-6/h1-5H,(H,14,15)(H,12,13,16). The lowest BCUT2D eigenvalue weighted by Crippen LogP contribution is -2.03. The maximum Gasteiger partial charge on any atom is 0.339 e. The average molecular weight is 233 g/mol. The molecule has 2 aromatic heterocycles. The number of aromatic amines is 1. The molecule has 2 N–H and O–H groups in total. The Balaban J connectivity index is 2.68. The third-order valence-corrected chi connectivity index (χ3v) is 2.20. The van der Waals surface area contributed by atoms with E-state index in [9.17, 15) is 4.79 Å². The maximum atomic E-state index is 11.0. The quantitative estimate of drug-likeness (QED) is 0.774. The van der Waals surface area contributed by atoms with Gasteiger partial charge < -0.3 is 10.1 Å². The molecule has 0 aliphatic rings. The number of pyridine rings is 1. The van der Waals surface area contributed by atoms with E-state index in [2.05, 4.69) is 15.0 Å². The van der Waals surface area contributed by atoms with Gasteiger partial charge in [-0.15, -0.1) is 0 Å². The smallest absolute Gasteiger partial charge is 0.339 e. The summed E-state index contributed by atoms with van der Waals surface area (Å²) in [5.41, 5.74) is 1.15. The second-order valence-corrected chi connectivity index (χ2v) is 3.41. The molecule has 0 bridgehead atoms. The van der Waals surface area contributed by atoms with Crippen LogP contribution in [0.15, 0.2) is 30.7 Å². The first-order chi connectivity index (χ1) is 7.68. The zero-order valence-corrected chi connectivity index (χ0v) is 8.86. The first-order valence-electron chi connectivity index (χ1n) is 4.41. The van der Waals surface area contributed by atoms with Gasteiger partial charge in [0.15, 0.2) is 4.77 Å². The number of H-pyrrole nitrogens is 1. The second kappa shape index (κ2) is 4.19. The van der Waals surface area contributed by atoms with Crippen molar-refractivity contribution in [3.63, 3.8) is 0 Å². The highest BCUT2D eigenvalue weighted by Gasteiger charge is 2.12. The van der Waals surface area contributed by atoms with Crippen molar-refractivity contribution in [3.8, 4) is 11.3 Å². The van der Waals surface area contributed by atoms with Gasteiger partial charge >= 0.3 is 5.97 Å². The van der Waals surface area contributed by atoms with Gasteiger partial charge in [-0.25, -0.2) is 9.78 Å². The minimum Gasteiger partial charge on any atom is -0.478 e. The Hall–Kier alpha value is -2.08. The fourth-order valence-electron chi connectivity index (χ4n) is 1.29. The molecular weight excluding hydrogens is 226 g/mol. The molecule has 0 saturated heterocycles. The molecule has 16 heavy (non-hydrogen) atoms. The number of rotatable bonds is 2. The Morgan fingerprint density at radius 3 is 2.88 bits per heavy atom. The Bertz CT molecular complexity index is 580. The molecule has 0 aliphatic carbocycles. The van der Waals surface area contributed by atoms with E-state index in [1.807, 2.05) is 0 Å². The summed E-state index contributed by atoms with van der Waals surface area (Å²) >= 11 is 4.87. The van der Waals surface area contributed by atoms with E-state index < -0.39 is 5.97 Å². The summed E-state index contributed by atoms with van der Waals surface area (Å²) in [6.45, 7) is 0. The van der Waals surface area contributed by atoms with Crippen LogP contribution in [0.5, 0.6) is 0 Å². The Labute approximate surface area is 95.8 Å². The van der Waals surface area contributed by atoms with Crippen LogP contribution in [0, 0.1) is 4.77 Å². The second-order valence-electron chi connectivity index (χ2n) is 3.02. The van der Waals surface area contributed by atoms with Crippen LogP contribution in [0.25, 0.3) is 11.3 Å². The molecule has 0 amide bonds. The van der Waals surface area contributed by atoms with E-state index in [1.165, 1.54) is 6.20 Å². The van der Waals surface area contributed by atoms with Crippen molar-refractivity contribution in [3.05, 3.63) is 41.1 Å². The van der Waals surface area contributed by atoms with Gasteiger partial charge in [-0.1, -0.05) is 0 Å². The fraction of sp³-hybridized carbons (Fsp3) is 0. The molecule has 2 rings (SSSR count). The third kappa shape index (κ3) is 1.96. The van der Waals surface area contributed by atoms with Crippen molar-refractivity contribution in [2.75, 3.05) is 0 Å². The summed E-state index contributed by atoms with van der Waals surface area (Å²) in [6.07, 6.45) is 4.41. The number of hydrogen-bond donors (Lipinski definition) is 2. The summed E-state index contributed by atoms with van der Waals surface area (Å²) in [5.74, 6) is -1.06. The van der Waals surface area contributed by atoms with Crippen molar-refractivity contribution in [1.29, 1.82) is 0 Å². The molecule has 0 spiro atoms. The van der Waals surface area contributed by atoms with Crippen molar-refractivity contribution < 1.29 is 9.90 Å². The number of hydrogen-bond acceptors (Lipinski definition) is 4. The Kier molecular flexibility index (Phi) is 2.74. The number of aromatic carboxylic acids is 1. The van der Waals surface area contributed by atoms with Gasteiger partial charge in [-0.3, -0.25) is 4.98 Å². The van der Waals surface area contributed by atoms with Crippen LogP contribution in [0.1, 0.15) is 10.4 Å². The van der Waals surface area contributed by atoms with Crippen LogP contribution in [-0.4, -0.2) is 26.0 Å². The van der Waals surface area contributed by atoms with Gasteiger partial charge in [0.25, 0.3) is 0 Å². The van der Waals surface area contributed by atoms with Gasteiger partial charge in [0.1, 0.15) is 5.56 Å². The molecule has 5 nitrogen and oxygen atoms in total. The lowest BCUT2D eigenvalue weighted by molar-refractivity contribution is 0.0697. The van der Waals surface area contributed by atoms with Crippen molar-refractivity contribution >= 4 is 18.2 Å². The number of carboxylic acid groups (broad SMARTS) is 1. The predicted molar refractivity (Wildman–Crippen MR) is 59.6 cm³/mol. The number of nitrogens with one attached hydrogen (secondary N) is 1. The summed E-state index contributed by atoms with van der Waals surface area (Å²) < 4.78 is 0.240. The zero-order chi connectivity index (χ0) is 11.5. The number of aromatic nitrogens is 3. The van der Waals surface area contributed by atoms with Crippen molar-refractivity contribution in [1.82, 2.24) is 15.0 Å². The summed E-state index contributed by atoms with van der Waals surface area (Å²) in [6, 6.07) is 3.47. The van der Waals surface area contributed by atoms with Gasteiger partial charge in [-0.2, -0.15) is 0 Å². The Morgan fingerprint density at radius 1 is 1.44 bits per heavy atom. The predicted octanol–water partition coefficient (Wildman–Crippen LogP) is 1.90. The topological polar surface area (TPSA) is 78.9 Å². The fourth-order valence-corrected chi connectivity index (χ4v) is 1.45. The molecule has 2 heterocycles. The zero-order valence-electron chi connectivity index (χ0n) is 8.04. The van der Waals surface area contributed by atoms with Crippen LogP contribution < -0.4 is 0 Å². The lowest BCUT2D eigenvalue weighted by atomic mass is 10.1. The average Bonchev–Trinajstić information content (AvgIpc) is 2.29. The Morgan fingerprint density at radius 2 is 2.25 bits per heavy atom. The molecule has 0 unspecified atom stereocenters. The number of nitrogens with zero attached hydrogens (tertiary/aromatic N) is 2. The van der Waals surface area contributed by atoms with Crippen LogP contribution in [0.3, 0.4) is 0 Å². The lowest BCUT2D eigenvalue weighted by Gasteiger charge is -2.04. The van der Waals surface area contributed by atoms with Gasteiger partial charge in [0.2, 0.25) is 0 Å². The highest BCUT2D eigenvalue weighted by atomic mass is 32.1. The van der Waals surface area contributed by atoms with E-state index in [0.29, 0.717) is 11.3 Å². The highest BCUT2D eigenvalue weighted by molar-refractivity contribution is 7.71. The highest BCUT2D eigenvalue weighted by Crippen LogP contribution is 2.19. The molecule has 2 aromatic rings. The van der Waals surface area contributed by atoms with Gasteiger partial charge in [-0.05, 0) is 24.4 Å². The third-order valence-electron chi connectivity index (χ3n) is 1.99. The van der Waals surface area contributed by atoms with E-state index in [0.717, 1.165) is 0 Å². The number of carboxylic acids is 1. The molecule has 0 saturated carbocycles. The van der Waals surface area contributed by atoms with Crippen LogP contribution >= 0.6 is 12.2 Å². The largest absolute Gasteiger partial charge is 0.478 e. The monoisotopic (exact) mass is 233 g/mol. The molecular formula is C10H7N3O2S. The van der Waals surface area contributed by atoms with Gasteiger partial charge in [0, 0.05) is 24.2 Å². The SMILES string of the molecule is O=C(O)c1cnc(=S)[nH]c1-c1cccnc1. The summed E-state index contributed by atoms with van der Waals surface area (Å²) in [5, 5.41) is 9.00. The van der Waals surface area contributed by atoms with E-state index in [1.54, 1.807) is 24.5 Å². The molecule has 0 radical (unpaired) electrons. The molecule has 6 heteroatoms. The molecule has 80 valence electrons. The minimum atomic E-state index is -1.06. The van der Waals surface area contributed by atoms with Gasteiger partial charge in [0.05, 0.1) is 5.69 Å². The van der Waals surface area contributed by atoms with Crippen LogP contribution in [0.2, 0.25) is 0 Å². The van der Waals surface area contributed by atoms with Crippen molar-refractivity contribution in [2.24, 2.45) is 0 Å².